The van der Waals surface area contributed by atoms with Crippen LogP contribution in [-0.4, -0.2) is 56.1 Å². The molecule has 4 aromatic heterocycles. The van der Waals surface area contributed by atoms with Gasteiger partial charge in [-0.1, -0.05) is 13.8 Å². The zero-order valence-corrected chi connectivity index (χ0v) is 22.8. The second kappa shape index (κ2) is 8.99. The molecule has 0 bridgehead atoms. The van der Waals surface area contributed by atoms with E-state index in [4.69, 9.17) is 0 Å². The van der Waals surface area contributed by atoms with Crippen molar-refractivity contribution in [2.75, 3.05) is 19.6 Å². The number of carbonyl (C=O) groups excluding carboxylic acids is 1. The number of rotatable bonds is 4. The molecule has 2 saturated heterocycles. The molecule has 6 rings (SSSR count). The second-order valence-electron chi connectivity index (χ2n) is 10.9. The molecule has 7 nitrogen and oxygen atoms in total. The van der Waals surface area contributed by atoms with Gasteiger partial charge in [-0.15, -0.1) is 11.3 Å². The van der Waals surface area contributed by atoms with Gasteiger partial charge in [0.25, 0.3) is 0 Å². The normalized spacial score (nSPS) is 19.4. The summed E-state index contributed by atoms with van der Waals surface area (Å²) in [6.45, 7) is 13.9. The molecule has 2 N–H and O–H groups in total. The van der Waals surface area contributed by atoms with Gasteiger partial charge < -0.3 is 15.2 Å². The van der Waals surface area contributed by atoms with Gasteiger partial charge >= 0.3 is 0 Å². The number of aryl methyl sites for hydroxylation is 2. The molecule has 0 unspecified atom stereocenters. The molecule has 0 aromatic carbocycles. The Balaban J connectivity index is 1.33. The molecule has 0 radical (unpaired) electrons. The zero-order chi connectivity index (χ0) is 25.1. The van der Waals surface area contributed by atoms with E-state index in [1.807, 2.05) is 15.9 Å². The van der Waals surface area contributed by atoms with Crippen LogP contribution in [0.3, 0.4) is 0 Å². The topological polar surface area (TPSA) is 78.3 Å². The number of aromatic nitrogens is 4. The molecule has 8 heteroatoms. The Kier molecular flexibility index (Phi) is 5.91. The average molecular weight is 505 g/mol. The van der Waals surface area contributed by atoms with Crippen LogP contribution in [0.1, 0.15) is 78.5 Å². The summed E-state index contributed by atoms with van der Waals surface area (Å²) in [6.07, 6.45) is 7.94. The first-order chi connectivity index (χ1) is 17.3. The Morgan fingerprint density at radius 1 is 1.11 bits per heavy atom. The zero-order valence-electron chi connectivity index (χ0n) is 21.9. The molecule has 2 aliphatic heterocycles. The van der Waals surface area contributed by atoms with Crippen LogP contribution >= 0.6 is 11.3 Å². The van der Waals surface area contributed by atoms with Crippen molar-refractivity contribution in [3.63, 3.8) is 0 Å². The van der Waals surface area contributed by atoms with E-state index in [2.05, 4.69) is 66.1 Å². The van der Waals surface area contributed by atoms with Crippen molar-refractivity contribution in [1.29, 1.82) is 0 Å². The van der Waals surface area contributed by atoms with Gasteiger partial charge in [0.05, 0.1) is 11.7 Å². The molecular weight excluding hydrogens is 468 g/mol. The number of fused-ring (bicyclic) bond motifs is 2. The van der Waals surface area contributed by atoms with Crippen LogP contribution in [0.15, 0.2) is 12.5 Å². The molecule has 1 amide bonds. The van der Waals surface area contributed by atoms with Gasteiger partial charge in [-0.2, -0.15) is 5.10 Å². The highest BCUT2D eigenvalue weighted by molar-refractivity contribution is 7.19. The van der Waals surface area contributed by atoms with Crippen molar-refractivity contribution in [2.45, 2.75) is 78.2 Å². The lowest BCUT2D eigenvalue weighted by Crippen LogP contribution is -2.46. The first kappa shape index (κ1) is 23.7. The number of pyridine rings is 1. The van der Waals surface area contributed by atoms with Crippen LogP contribution in [0, 0.1) is 20.8 Å². The van der Waals surface area contributed by atoms with Crippen molar-refractivity contribution < 1.29 is 4.79 Å². The van der Waals surface area contributed by atoms with Crippen molar-refractivity contribution in [3.05, 3.63) is 39.7 Å². The molecular formula is C28H36N6OS. The maximum atomic E-state index is 12.9. The fourth-order valence-corrected chi connectivity index (χ4v) is 7.76. The van der Waals surface area contributed by atoms with Gasteiger partial charge in [-0.3, -0.25) is 4.79 Å². The van der Waals surface area contributed by atoms with Gasteiger partial charge in [0.1, 0.15) is 11.2 Å². The monoisotopic (exact) mass is 504 g/mol. The van der Waals surface area contributed by atoms with Crippen LogP contribution in [-0.2, 0) is 4.79 Å². The number of carbonyl (C=O) groups is 1. The molecule has 2 fully saturated rings. The highest BCUT2D eigenvalue weighted by Gasteiger charge is 2.32. The number of hydrogen-bond acceptors (Lipinski definition) is 5. The summed E-state index contributed by atoms with van der Waals surface area (Å²) in [5, 5.41) is 9.18. The lowest BCUT2D eigenvalue weighted by molar-refractivity contribution is -0.134. The van der Waals surface area contributed by atoms with Crippen LogP contribution < -0.4 is 5.32 Å². The Morgan fingerprint density at radius 3 is 2.58 bits per heavy atom. The van der Waals surface area contributed by atoms with Crippen molar-refractivity contribution >= 4 is 33.1 Å². The van der Waals surface area contributed by atoms with Crippen LogP contribution in [0.25, 0.3) is 27.1 Å². The summed E-state index contributed by atoms with van der Waals surface area (Å²) in [4.78, 5) is 26.0. The minimum absolute atomic E-state index is 0.0408. The predicted molar refractivity (Wildman–Crippen MR) is 146 cm³/mol. The van der Waals surface area contributed by atoms with E-state index < -0.39 is 0 Å². The predicted octanol–water partition coefficient (Wildman–Crippen LogP) is 5.45. The van der Waals surface area contributed by atoms with E-state index in [0.29, 0.717) is 17.7 Å². The van der Waals surface area contributed by atoms with Crippen molar-refractivity contribution in [2.24, 2.45) is 0 Å². The van der Waals surface area contributed by atoms with E-state index in [1.165, 1.54) is 48.6 Å². The molecule has 36 heavy (non-hydrogen) atoms. The number of likely N-dealkylation sites (tertiary alicyclic amines) is 1. The number of aromatic amines is 1. The molecule has 1 atom stereocenters. The average Bonchev–Trinajstić information content (AvgIpc) is 3.66. The molecule has 0 aliphatic carbocycles. The van der Waals surface area contributed by atoms with Gasteiger partial charge in [0, 0.05) is 35.1 Å². The van der Waals surface area contributed by atoms with Crippen LogP contribution in [0.4, 0.5) is 0 Å². The third-order valence-electron chi connectivity index (χ3n) is 8.47. The third-order valence-corrected chi connectivity index (χ3v) is 9.84. The molecule has 0 spiro atoms. The van der Waals surface area contributed by atoms with Crippen molar-refractivity contribution in [1.82, 2.24) is 29.8 Å². The fourth-order valence-electron chi connectivity index (χ4n) is 6.36. The van der Waals surface area contributed by atoms with E-state index >= 15 is 0 Å². The maximum Gasteiger partial charge on any atom is 0.239 e. The summed E-state index contributed by atoms with van der Waals surface area (Å²) >= 11 is 1.92. The Hall–Kier alpha value is -2.71. The first-order valence-corrected chi connectivity index (χ1v) is 14.1. The van der Waals surface area contributed by atoms with Crippen molar-refractivity contribution in [3.8, 4) is 11.3 Å². The van der Waals surface area contributed by atoms with Crippen LogP contribution in [0.5, 0.6) is 0 Å². The summed E-state index contributed by atoms with van der Waals surface area (Å²) in [5.41, 5.74) is 8.56. The maximum absolute atomic E-state index is 12.9. The third kappa shape index (κ3) is 3.68. The fraction of sp³-hybridized carbons (Fsp3) is 0.536. The summed E-state index contributed by atoms with van der Waals surface area (Å²) in [6, 6.07) is 0.0408. The minimum atomic E-state index is 0.0408. The summed E-state index contributed by atoms with van der Waals surface area (Å²) in [5.74, 6) is 1.22. The largest absolute Gasteiger partial charge is 0.346 e. The summed E-state index contributed by atoms with van der Waals surface area (Å²) < 4.78 is 1.89. The molecule has 190 valence electrons. The molecule has 4 aromatic rings. The Labute approximate surface area is 216 Å². The standard InChI is InChI=1S/C28H36N6OS/c1-15(2)22-23-18(5)25(19-8-11-33(12-9-19)28(35)21-7-6-10-29-21)36-27(23)32-24(22)20-13-34-26(30-14-31-34)17(4)16(20)3/h13-15,19,21,29,32H,6-12H2,1-5H3/t21-/m1/s1. The molecule has 0 saturated carbocycles. The second-order valence-corrected chi connectivity index (χ2v) is 12.0. The smallest absolute Gasteiger partial charge is 0.239 e. The number of nitrogens with zero attached hydrogens (tertiary/aromatic N) is 4. The SMILES string of the molecule is Cc1c(-c2[nH]c3sc(C4CCN(C(=O)[C@H]5CCCN5)CC4)c(C)c3c2C(C)C)cn2ncnc2c1C. The van der Waals surface area contributed by atoms with Crippen LogP contribution in [0.2, 0.25) is 0 Å². The lowest BCUT2D eigenvalue weighted by Gasteiger charge is -2.33. The summed E-state index contributed by atoms with van der Waals surface area (Å²) in [7, 11) is 0. The lowest BCUT2D eigenvalue weighted by atomic mass is 9.89. The Bertz CT molecular complexity index is 1450. The quantitative estimate of drug-likeness (QED) is 0.388. The van der Waals surface area contributed by atoms with E-state index in [0.717, 1.165) is 51.0 Å². The van der Waals surface area contributed by atoms with E-state index in [1.54, 1.807) is 6.33 Å². The number of thiophene rings is 1. The first-order valence-electron chi connectivity index (χ1n) is 13.3. The van der Waals surface area contributed by atoms with Gasteiger partial charge in [0.2, 0.25) is 5.91 Å². The highest BCUT2D eigenvalue weighted by atomic mass is 32.1. The number of nitrogens with one attached hydrogen (secondary N) is 2. The van der Waals surface area contributed by atoms with Gasteiger partial charge in [-0.05, 0) is 87.1 Å². The Morgan fingerprint density at radius 2 is 1.89 bits per heavy atom. The van der Waals surface area contributed by atoms with Gasteiger partial charge in [0.15, 0.2) is 5.65 Å². The number of hydrogen-bond donors (Lipinski definition) is 2. The van der Waals surface area contributed by atoms with E-state index in [-0.39, 0.29) is 6.04 Å². The molecule has 6 heterocycles. The highest BCUT2D eigenvalue weighted by Crippen LogP contribution is 2.46. The number of amides is 1. The minimum Gasteiger partial charge on any atom is -0.346 e. The van der Waals surface area contributed by atoms with Gasteiger partial charge in [-0.25, -0.2) is 9.50 Å². The number of H-pyrrole nitrogens is 1. The number of piperidine rings is 1. The van der Waals surface area contributed by atoms with E-state index in [9.17, 15) is 4.79 Å². The molecule has 2 aliphatic rings.